The lowest BCUT2D eigenvalue weighted by Gasteiger charge is -2.05. The number of carboxylic acid groups (broad SMARTS) is 1. The molecule has 64 valence electrons. The second-order valence-electron chi connectivity index (χ2n) is 2.75. The molecule has 1 aromatic rings. The molecule has 0 aromatic heterocycles. The summed E-state index contributed by atoms with van der Waals surface area (Å²) in [5.41, 5.74) is 2.40. The fraction of sp³-hybridized carbons (Fsp3) is 0.300. The van der Waals surface area contributed by atoms with Crippen molar-refractivity contribution in [2.24, 2.45) is 0 Å². The molecule has 0 bridgehead atoms. The molecule has 12 heavy (non-hydrogen) atoms. The molecule has 2 nitrogen and oxygen atoms in total. The minimum atomic E-state index is -0.845. The molecule has 0 aliphatic heterocycles. The third-order valence-electron chi connectivity index (χ3n) is 2.06. The van der Waals surface area contributed by atoms with Crippen LogP contribution in [0.15, 0.2) is 18.2 Å². The summed E-state index contributed by atoms with van der Waals surface area (Å²) in [7, 11) is 0. The van der Waals surface area contributed by atoms with E-state index >= 15 is 0 Å². The van der Waals surface area contributed by atoms with Gasteiger partial charge in [0.1, 0.15) is 0 Å². The van der Waals surface area contributed by atoms with Crippen molar-refractivity contribution in [3.05, 3.63) is 34.9 Å². The Morgan fingerprint density at radius 1 is 1.50 bits per heavy atom. The van der Waals surface area contributed by atoms with Crippen LogP contribution in [-0.4, -0.2) is 11.1 Å². The lowest BCUT2D eigenvalue weighted by molar-refractivity contribution is 0.0696. The van der Waals surface area contributed by atoms with Gasteiger partial charge in [-0.05, 0) is 30.5 Å². The van der Waals surface area contributed by atoms with Crippen LogP contribution in [0.1, 0.15) is 28.4 Å². The predicted molar refractivity (Wildman–Crippen MR) is 47.5 cm³/mol. The maximum absolute atomic E-state index is 10.7. The summed E-state index contributed by atoms with van der Waals surface area (Å²) in [4.78, 5) is 10.7. The van der Waals surface area contributed by atoms with E-state index in [-0.39, 0.29) is 0 Å². The molecule has 0 unspecified atom stereocenters. The van der Waals surface area contributed by atoms with Crippen molar-refractivity contribution < 1.29 is 9.90 Å². The number of hydrogen-bond donors (Lipinski definition) is 1. The summed E-state index contributed by atoms with van der Waals surface area (Å²) in [6.45, 7) is 3.87. The quantitative estimate of drug-likeness (QED) is 0.727. The van der Waals surface area contributed by atoms with Gasteiger partial charge in [-0.2, -0.15) is 0 Å². The molecule has 0 heterocycles. The van der Waals surface area contributed by atoms with Crippen LogP contribution in [0.25, 0.3) is 0 Å². The third-order valence-corrected chi connectivity index (χ3v) is 2.06. The van der Waals surface area contributed by atoms with Gasteiger partial charge in [-0.3, -0.25) is 0 Å². The smallest absolute Gasteiger partial charge is 0.335 e. The first-order valence-corrected chi connectivity index (χ1v) is 3.98. The monoisotopic (exact) mass is 164 g/mol. The molecule has 2 heteroatoms. The minimum absolute atomic E-state index is 0.411. The van der Waals surface area contributed by atoms with E-state index in [9.17, 15) is 4.79 Å². The van der Waals surface area contributed by atoms with Crippen molar-refractivity contribution in [3.63, 3.8) is 0 Å². The van der Waals surface area contributed by atoms with Crippen molar-refractivity contribution in [3.8, 4) is 0 Å². The average Bonchev–Trinajstić information content (AvgIpc) is 2.04. The van der Waals surface area contributed by atoms with Crippen LogP contribution < -0.4 is 0 Å². The summed E-state index contributed by atoms with van der Waals surface area (Å²) in [6.07, 6.45) is 0.882. The van der Waals surface area contributed by atoms with Gasteiger partial charge in [0.05, 0.1) is 5.56 Å². The standard InChI is InChI=1S/C10H12O2/c1-3-8-5-4-6-9(7(8)2)10(11)12/h4-6H,3H2,1-2H3,(H,11,12). The van der Waals surface area contributed by atoms with E-state index in [1.54, 1.807) is 12.1 Å². The van der Waals surface area contributed by atoms with E-state index in [1.807, 2.05) is 19.9 Å². The molecule has 0 aliphatic rings. The molecule has 1 N–H and O–H groups in total. The maximum atomic E-state index is 10.7. The van der Waals surface area contributed by atoms with E-state index in [1.165, 1.54) is 0 Å². The van der Waals surface area contributed by atoms with Gasteiger partial charge >= 0.3 is 5.97 Å². The average molecular weight is 164 g/mol. The summed E-state index contributed by atoms with van der Waals surface area (Å²) >= 11 is 0. The van der Waals surface area contributed by atoms with Gasteiger partial charge < -0.3 is 5.11 Å². The minimum Gasteiger partial charge on any atom is -0.478 e. The SMILES string of the molecule is CCc1cccc(C(=O)O)c1C. The molecule has 0 aliphatic carbocycles. The molecule has 0 fully saturated rings. The number of rotatable bonds is 2. The Hall–Kier alpha value is -1.31. The van der Waals surface area contributed by atoms with Crippen LogP contribution in [-0.2, 0) is 6.42 Å². The highest BCUT2D eigenvalue weighted by Crippen LogP contribution is 2.13. The lowest BCUT2D eigenvalue weighted by atomic mass is 10.0. The number of aryl methyl sites for hydroxylation is 1. The van der Waals surface area contributed by atoms with Crippen LogP contribution in [0.5, 0.6) is 0 Å². The van der Waals surface area contributed by atoms with E-state index < -0.39 is 5.97 Å². The van der Waals surface area contributed by atoms with Crippen molar-refractivity contribution in [1.82, 2.24) is 0 Å². The highest BCUT2D eigenvalue weighted by molar-refractivity contribution is 5.89. The van der Waals surface area contributed by atoms with Crippen LogP contribution >= 0.6 is 0 Å². The second-order valence-corrected chi connectivity index (χ2v) is 2.75. The van der Waals surface area contributed by atoms with Crippen molar-refractivity contribution >= 4 is 5.97 Å². The Kier molecular flexibility index (Phi) is 2.48. The van der Waals surface area contributed by atoms with Gasteiger partial charge in [-0.15, -0.1) is 0 Å². The van der Waals surface area contributed by atoms with Gasteiger partial charge in [0.15, 0.2) is 0 Å². The van der Waals surface area contributed by atoms with Crippen LogP contribution in [0, 0.1) is 6.92 Å². The molecule has 0 saturated heterocycles. The Morgan fingerprint density at radius 2 is 2.17 bits per heavy atom. The fourth-order valence-electron chi connectivity index (χ4n) is 1.30. The highest BCUT2D eigenvalue weighted by atomic mass is 16.4. The third kappa shape index (κ3) is 1.47. The molecular formula is C10H12O2. The molecule has 0 amide bonds. The number of carboxylic acids is 1. The first kappa shape index (κ1) is 8.78. The molecule has 1 aromatic carbocycles. The van der Waals surface area contributed by atoms with Crippen molar-refractivity contribution in [2.75, 3.05) is 0 Å². The largest absolute Gasteiger partial charge is 0.478 e. The Bertz CT molecular complexity index is 303. The van der Waals surface area contributed by atoms with Gasteiger partial charge in [-0.25, -0.2) is 4.79 Å². The summed E-state index contributed by atoms with van der Waals surface area (Å²) in [5.74, 6) is -0.845. The Morgan fingerprint density at radius 3 is 2.67 bits per heavy atom. The van der Waals surface area contributed by atoms with Crippen LogP contribution in [0.4, 0.5) is 0 Å². The predicted octanol–water partition coefficient (Wildman–Crippen LogP) is 2.26. The number of benzene rings is 1. The zero-order valence-corrected chi connectivity index (χ0v) is 7.29. The lowest BCUT2D eigenvalue weighted by Crippen LogP contribution is -2.01. The molecule has 1 rings (SSSR count). The Labute approximate surface area is 71.8 Å². The molecule has 0 saturated carbocycles. The van der Waals surface area contributed by atoms with E-state index in [0.29, 0.717) is 5.56 Å². The van der Waals surface area contributed by atoms with Crippen molar-refractivity contribution in [1.29, 1.82) is 0 Å². The normalized spacial score (nSPS) is 9.83. The van der Waals surface area contributed by atoms with Crippen LogP contribution in [0.2, 0.25) is 0 Å². The first-order valence-electron chi connectivity index (χ1n) is 3.98. The van der Waals surface area contributed by atoms with E-state index in [0.717, 1.165) is 17.5 Å². The zero-order valence-electron chi connectivity index (χ0n) is 7.29. The molecule has 0 radical (unpaired) electrons. The zero-order chi connectivity index (χ0) is 9.14. The molecule has 0 atom stereocenters. The van der Waals surface area contributed by atoms with Gasteiger partial charge in [0.2, 0.25) is 0 Å². The van der Waals surface area contributed by atoms with E-state index in [2.05, 4.69) is 0 Å². The van der Waals surface area contributed by atoms with Gasteiger partial charge in [0, 0.05) is 0 Å². The van der Waals surface area contributed by atoms with Gasteiger partial charge in [0.25, 0.3) is 0 Å². The Balaban J connectivity index is 3.23. The highest BCUT2D eigenvalue weighted by Gasteiger charge is 2.07. The maximum Gasteiger partial charge on any atom is 0.335 e. The molecule has 0 spiro atoms. The van der Waals surface area contributed by atoms with Crippen molar-refractivity contribution in [2.45, 2.75) is 20.3 Å². The molecular weight excluding hydrogens is 152 g/mol. The fourth-order valence-corrected chi connectivity index (χ4v) is 1.30. The van der Waals surface area contributed by atoms with E-state index in [4.69, 9.17) is 5.11 Å². The number of aromatic carboxylic acids is 1. The summed E-state index contributed by atoms with van der Waals surface area (Å²) < 4.78 is 0. The van der Waals surface area contributed by atoms with Gasteiger partial charge in [-0.1, -0.05) is 19.1 Å². The second kappa shape index (κ2) is 3.39. The first-order chi connectivity index (χ1) is 5.66. The summed E-state index contributed by atoms with van der Waals surface area (Å²) in [5, 5.41) is 8.79. The summed E-state index contributed by atoms with van der Waals surface area (Å²) in [6, 6.07) is 5.38. The van der Waals surface area contributed by atoms with Crippen LogP contribution in [0.3, 0.4) is 0 Å². The number of hydrogen-bond acceptors (Lipinski definition) is 1. The topological polar surface area (TPSA) is 37.3 Å². The number of carbonyl (C=O) groups is 1.